The van der Waals surface area contributed by atoms with Crippen LogP contribution in [-0.2, 0) is 0 Å². The molecular weight excluding hydrogens is 254 g/mol. The van der Waals surface area contributed by atoms with Gasteiger partial charge in [-0.25, -0.2) is 4.98 Å². The lowest BCUT2D eigenvalue weighted by Crippen LogP contribution is -1.96. The van der Waals surface area contributed by atoms with E-state index in [0.29, 0.717) is 0 Å². The minimum absolute atomic E-state index is 1.09. The number of nitrogens with zero attached hydrogens (tertiary/aromatic N) is 1. The van der Waals surface area contributed by atoms with E-state index in [2.05, 4.69) is 71.0 Å². The van der Waals surface area contributed by atoms with Crippen molar-refractivity contribution < 1.29 is 0 Å². The van der Waals surface area contributed by atoms with Crippen LogP contribution in [0.15, 0.2) is 36.4 Å². The van der Waals surface area contributed by atoms with Crippen molar-refractivity contribution in [1.82, 2.24) is 4.98 Å². The van der Waals surface area contributed by atoms with Gasteiger partial charge in [-0.2, -0.15) is 0 Å². The highest BCUT2D eigenvalue weighted by atomic mass is 14.7. The summed E-state index contributed by atoms with van der Waals surface area (Å²) >= 11 is 0. The zero-order valence-corrected chi connectivity index (χ0v) is 13.4. The number of fused-ring (bicyclic) bond motifs is 1. The van der Waals surface area contributed by atoms with E-state index >= 15 is 0 Å². The predicted molar refractivity (Wildman–Crippen MR) is 90.9 cm³/mol. The van der Waals surface area contributed by atoms with Crippen molar-refractivity contribution >= 4 is 10.9 Å². The number of aromatic nitrogens is 1. The molecule has 0 radical (unpaired) electrons. The molecule has 3 aromatic rings. The number of aryl methyl sites for hydroxylation is 4. The number of benzene rings is 2. The third-order valence-electron chi connectivity index (χ3n) is 4.27. The molecule has 0 aliphatic heterocycles. The molecule has 1 nitrogen and oxygen atoms in total. The summed E-state index contributed by atoms with van der Waals surface area (Å²) in [7, 11) is 0. The van der Waals surface area contributed by atoms with Crippen LogP contribution in [0.1, 0.15) is 27.8 Å². The normalized spacial score (nSPS) is 11.1. The van der Waals surface area contributed by atoms with Crippen molar-refractivity contribution in [3.8, 4) is 11.3 Å². The highest BCUT2D eigenvalue weighted by Gasteiger charge is 2.12. The van der Waals surface area contributed by atoms with Crippen LogP contribution in [0.3, 0.4) is 0 Å². The molecule has 106 valence electrons. The molecule has 0 atom stereocenters. The van der Waals surface area contributed by atoms with Crippen molar-refractivity contribution in [1.29, 1.82) is 0 Å². The average molecular weight is 275 g/mol. The molecule has 0 N–H and O–H groups in total. The second-order valence-electron chi connectivity index (χ2n) is 6.06. The van der Waals surface area contributed by atoms with Crippen LogP contribution in [0.4, 0.5) is 0 Å². The van der Waals surface area contributed by atoms with Gasteiger partial charge in [0.25, 0.3) is 0 Å². The molecule has 0 fully saturated rings. The van der Waals surface area contributed by atoms with E-state index in [4.69, 9.17) is 4.98 Å². The molecule has 0 bridgehead atoms. The van der Waals surface area contributed by atoms with E-state index in [0.717, 1.165) is 11.2 Å². The first-order chi connectivity index (χ1) is 9.97. The zero-order chi connectivity index (χ0) is 15.1. The second-order valence-corrected chi connectivity index (χ2v) is 6.06. The molecule has 1 heterocycles. The molecule has 0 unspecified atom stereocenters. The molecule has 1 aromatic heterocycles. The molecule has 0 saturated carbocycles. The van der Waals surface area contributed by atoms with Crippen LogP contribution in [0.2, 0.25) is 0 Å². The van der Waals surface area contributed by atoms with Gasteiger partial charge in [0.1, 0.15) is 0 Å². The van der Waals surface area contributed by atoms with E-state index in [9.17, 15) is 0 Å². The van der Waals surface area contributed by atoms with E-state index < -0.39 is 0 Å². The Morgan fingerprint density at radius 1 is 0.762 bits per heavy atom. The van der Waals surface area contributed by atoms with Crippen molar-refractivity contribution in [3.63, 3.8) is 0 Å². The van der Waals surface area contributed by atoms with Gasteiger partial charge in [-0.05, 0) is 69.5 Å². The van der Waals surface area contributed by atoms with Crippen LogP contribution >= 0.6 is 0 Å². The molecule has 1 heteroatoms. The van der Waals surface area contributed by atoms with Gasteiger partial charge in [0.15, 0.2) is 0 Å². The summed E-state index contributed by atoms with van der Waals surface area (Å²) in [6.07, 6.45) is 0. The topological polar surface area (TPSA) is 12.9 Å². The summed E-state index contributed by atoms with van der Waals surface area (Å²) in [5.74, 6) is 0. The van der Waals surface area contributed by atoms with E-state index in [1.165, 1.54) is 38.8 Å². The van der Waals surface area contributed by atoms with E-state index in [1.54, 1.807) is 0 Å². The Kier molecular flexibility index (Phi) is 3.29. The third-order valence-corrected chi connectivity index (χ3v) is 4.27. The van der Waals surface area contributed by atoms with Crippen molar-refractivity contribution in [2.75, 3.05) is 0 Å². The monoisotopic (exact) mass is 275 g/mol. The molecule has 0 spiro atoms. The lowest BCUT2D eigenvalue weighted by atomic mass is 9.95. The Bertz CT molecular complexity index is 824. The number of pyridine rings is 1. The molecule has 0 aliphatic rings. The first-order valence-electron chi connectivity index (χ1n) is 7.42. The number of rotatable bonds is 1. The minimum atomic E-state index is 1.09. The van der Waals surface area contributed by atoms with Crippen LogP contribution in [0.5, 0.6) is 0 Å². The Morgan fingerprint density at radius 2 is 1.43 bits per heavy atom. The van der Waals surface area contributed by atoms with Crippen molar-refractivity contribution in [2.24, 2.45) is 0 Å². The zero-order valence-electron chi connectivity index (χ0n) is 13.4. The maximum absolute atomic E-state index is 4.95. The molecule has 3 rings (SSSR count). The molecule has 0 saturated heterocycles. The Labute approximate surface area is 126 Å². The highest BCUT2D eigenvalue weighted by molar-refractivity contribution is 5.89. The number of hydrogen-bond acceptors (Lipinski definition) is 1. The highest BCUT2D eigenvalue weighted by Crippen LogP contribution is 2.31. The summed E-state index contributed by atoms with van der Waals surface area (Å²) in [6.45, 7) is 10.8. The smallest absolute Gasteiger partial charge is 0.0741 e. The quantitative estimate of drug-likeness (QED) is 0.576. The molecule has 2 aromatic carbocycles. The van der Waals surface area contributed by atoms with Crippen LogP contribution in [0, 0.1) is 34.6 Å². The molecule has 0 amide bonds. The van der Waals surface area contributed by atoms with Crippen LogP contribution < -0.4 is 0 Å². The lowest BCUT2D eigenvalue weighted by Gasteiger charge is -2.14. The van der Waals surface area contributed by atoms with Crippen LogP contribution in [0.25, 0.3) is 22.2 Å². The molecule has 0 aliphatic carbocycles. The third kappa shape index (κ3) is 2.33. The minimum Gasteiger partial charge on any atom is -0.247 e. The first-order valence-corrected chi connectivity index (χ1v) is 7.42. The Morgan fingerprint density at radius 3 is 2.10 bits per heavy atom. The fourth-order valence-corrected chi connectivity index (χ4v) is 3.20. The van der Waals surface area contributed by atoms with Gasteiger partial charge in [0.05, 0.1) is 11.2 Å². The standard InChI is InChI=1S/C20H21N/c1-12-9-13(2)11-17(10-12)20-16(5)15(4)19-14(3)7-6-8-18(19)21-20/h6-11H,1-5H3. The predicted octanol–water partition coefficient (Wildman–Crippen LogP) is 5.44. The average Bonchev–Trinajstić information content (AvgIpc) is 2.41. The molecular formula is C20H21N. The van der Waals surface area contributed by atoms with Gasteiger partial charge in [-0.15, -0.1) is 0 Å². The SMILES string of the molecule is Cc1cc(C)cc(-c2nc3cccc(C)c3c(C)c2C)c1. The Balaban J connectivity index is 2.36. The van der Waals surface area contributed by atoms with E-state index in [1.807, 2.05) is 0 Å². The second kappa shape index (κ2) is 5.00. The fraction of sp³-hybridized carbons (Fsp3) is 0.250. The molecule has 21 heavy (non-hydrogen) atoms. The summed E-state index contributed by atoms with van der Waals surface area (Å²) < 4.78 is 0. The van der Waals surface area contributed by atoms with Gasteiger partial charge >= 0.3 is 0 Å². The summed E-state index contributed by atoms with van der Waals surface area (Å²) in [5.41, 5.74) is 9.91. The van der Waals surface area contributed by atoms with Crippen molar-refractivity contribution in [3.05, 3.63) is 64.2 Å². The lowest BCUT2D eigenvalue weighted by molar-refractivity contribution is 1.26. The maximum Gasteiger partial charge on any atom is 0.0741 e. The van der Waals surface area contributed by atoms with Gasteiger partial charge in [0, 0.05) is 10.9 Å². The largest absolute Gasteiger partial charge is 0.247 e. The maximum atomic E-state index is 4.95. The van der Waals surface area contributed by atoms with Gasteiger partial charge < -0.3 is 0 Å². The first kappa shape index (κ1) is 13.8. The van der Waals surface area contributed by atoms with Crippen molar-refractivity contribution in [2.45, 2.75) is 34.6 Å². The van der Waals surface area contributed by atoms with Gasteiger partial charge in [0.2, 0.25) is 0 Å². The van der Waals surface area contributed by atoms with Gasteiger partial charge in [-0.1, -0.05) is 29.3 Å². The summed E-state index contributed by atoms with van der Waals surface area (Å²) in [6, 6.07) is 13.0. The van der Waals surface area contributed by atoms with Crippen LogP contribution in [-0.4, -0.2) is 4.98 Å². The summed E-state index contributed by atoms with van der Waals surface area (Å²) in [5, 5.41) is 1.29. The van der Waals surface area contributed by atoms with Gasteiger partial charge in [-0.3, -0.25) is 0 Å². The number of hydrogen-bond donors (Lipinski definition) is 0. The van der Waals surface area contributed by atoms with E-state index in [-0.39, 0.29) is 0 Å². The Hall–Kier alpha value is -2.15. The fourth-order valence-electron chi connectivity index (χ4n) is 3.20. The summed E-state index contributed by atoms with van der Waals surface area (Å²) in [4.78, 5) is 4.95.